The molecule has 0 radical (unpaired) electrons. The van der Waals surface area contributed by atoms with Gasteiger partial charge in [-0.2, -0.15) is 0 Å². The van der Waals surface area contributed by atoms with Crippen molar-refractivity contribution < 1.29 is 17.6 Å². The van der Waals surface area contributed by atoms with Gasteiger partial charge in [0.05, 0.1) is 17.3 Å². The third-order valence-corrected chi connectivity index (χ3v) is 7.54. The Morgan fingerprint density at radius 1 is 1.37 bits per heavy atom. The van der Waals surface area contributed by atoms with Gasteiger partial charge in [-0.1, -0.05) is 18.7 Å². The summed E-state index contributed by atoms with van der Waals surface area (Å²) in [5.41, 5.74) is 2.83. The highest BCUT2D eigenvalue weighted by Crippen LogP contribution is 2.25. The monoisotopic (exact) mass is 411 g/mol. The molecule has 27 heavy (non-hydrogen) atoms. The van der Waals surface area contributed by atoms with E-state index in [1.54, 1.807) is 0 Å². The molecule has 7 nitrogen and oxygen atoms in total. The smallest absolute Gasteiger partial charge is 0.277 e. The number of Topliss-reactive ketones (excluding diaryl/α,β-unsaturated/α-hetero) is 1. The Bertz CT molecular complexity index is 931. The molecule has 1 saturated heterocycles. The van der Waals surface area contributed by atoms with Crippen LogP contribution in [0.2, 0.25) is 0 Å². The lowest BCUT2D eigenvalue weighted by molar-refractivity contribution is 0.102. The molecule has 0 aliphatic carbocycles. The van der Waals surface area contributed by atoms with Crippen LogP contribution in [0, 0.1) is 19.8 Å². The normalized spacial score (nSPS) is 18.9. The van der Waals surface area contributed by atoms with Gasteiger partial charge >= 0.3 is 0 Å². The number of aromatic nitrogens is 3. The second-order valence-electron chi connectivity index (χ2n) is 7.08. The van der Waals surface area contributed by atoms with Gasteiger partial charge in [0.1, 0.15) is 0 Å². The average Bonchev–Trinajstić information content (AvgIpc) is 3.27. The number of carbonyl (C=O) groups excluding carboxylic acids is 1. The molecule has 3 rings (SSSR count). The maximum absolute atomic E-state index is 12.6. The van der Waals surface area contributed by atoms with Gasteiger partial charge in [0.15, 0.2) is 15.6 Å². The second-order valence-corrected chi connectivity index (χ2v) is 10.2. The zero-order valence-electron chi connectivity index (χ0n) is 15.9. The summed E-state index contributed by atoms with van der Waals surface area (Å²) in [7, 11) is -2.91. The van der Waals surface area contributed by atoms with E-state index in [1.807, 2.05) is 19.9 Å². The maximum Gasteiger partial charge on any atom is 0.277 e. The largest absolute Gasteiger partial charge is 0.416 e. The van der Waals surface area contributed by atoms with Crippen LogP contribution < -0.4 is 0 Å². The molecule has 2 aromatic heterocycles. The minimum absolute atomic E-state index is 0.0390. The Kier molecular flexibility index (Phi) is 6.10. The molecule has 0 unspecified atom stereocenters. The van der Waals surface area contributed by atoms with Crippen molar-refractivity contribution in [2.75, 3.05) is 17.3 Å². The highest BCUT2D eigenvalue weighted by atomic mass is 32.2. The Hall–Kier alpha value is -1.61. The number of ketones is 1. The van der Waals surface area contributed by atoms with E-state index in [4.69, 9.17) is 4.42 Å². The van der Waals surface area contributed by atoms with E-state index in [-0.39, 0.29) is 29.0 Å². The number of hydrogen-bond donors (Lipinski definition) is 0. The van der Waals surface area contributed by atoms with Crippen LogP contribution >= 0.6 is 11.8 Å². The molecule has 0 saturated carbocycles. The SMILES string of the molecule is CCCn1c(C)cc(C(=O)CSc2nnc(C[C@H]3CCS(=O)(=O)C3)o2)c1C. The average molecular weight is 412 g/mol. The fraction of sp³-hybridized carbons (Fsp3) is 0.611. The van der Waals surface area contributed by atoms with Crippen molar-refractivity contribution in [1.29, 1.82) is 0 Å². The van der Waals surface area contributed by atoms with Gasteiger partial charge in [-0.25, -0.2) is 8.42 Å². The van der Waals surface area contributed by atoms with Crippen LogP contribution in [0.5, 0.6) is 0 Å². The molecule has 9 heteroatoms. The fourth-order valence-corrected chi connectivity index (χ4v) is 6.04. The van der Waals surface area contributed by atoms with Gasteiger partial charge in [-0.3, -0.25) is 4.79 Å². The van der Waals surface area contributed by atoms with E-state index >= 15 is 0 Å². The zero-order valence-corrected chi connectivity index (χ0v) is 17.5. The van der Waals surface area contributed by atoms with Crippen LogP contribution in [0.4, 0.5) is 0 Å². The van der Waals surface area contributed by atoms with E-state index in [2.05, 4.69) is 21.7 Å². The van der Waals surface area contributed by atoms with Gasteiger partial charge < -0.3 is 8.98 Å². The van der Waals surface area contributed by atoms with Gasteiger partial charge in [-0.05, 0) is 38.7 Å². The molecule has 0 bridgehead atoms. The van der Waals surface area contributed by atoms with Crippen molar-refractivity contribution in [3.8, 4) is 0 Å². The van der Waals surface area contributed by atoms with Crippen LogP contribution in [0.25, 0.3) is 0 Å². The van der Waals surface area contributed by atoms with E-state index in [1.165, 1.54) is 11.8 Å². The highest BCUT2D eigenvalue weighted by Gasteiger charge is 2.29. The maximum atomic E-state index is 12.6. The number of carbonyl (C=O) groups is 1. The summed E-state index contributed by atoms with van der Waals surface area (Å²) >= 11 is 1.22. The number of nitrogens with zero attached hydrogens (tertiary/aromatic N) is 3. The van der Waals surface area contributed by atoms with Crippen molar-refractivity contribution in [1.82, 2.24) is 14.8 Å². The lowest BCUT2D eigenvalue weighted by Crippen LogP contribution is -2.07. The zero-order chi connectivity index (χ0) is 19.6. The molecular weight excluding hydrogens is 386 g/mol. The summed E-state index contributed by atoms with van der Waals surface area (Å²) in [5, 5.41) is 8.31. The lowest BCUT2D eigenvalue weighted by atomic mass is 10.1. The van der Waals surface area contributed by atoms with Crippen LogP contribution in [0.1, 0.15) is 47.4 Å². The highest BCUT2D eigenvalue weighted by molar-refractivity contribution is 7.99. The standard InChI is InChI=1S/C18H25N3O4S2/c1-4-6-21-12(2)8-15(13(21)3)16(22)10-26-18-20-19-17(25-18)9-14-5-7-27(23,24)11-14/h8,14H,4-7,9-11H2,1-3H3/t14-/m1/s1. The molecule has 0 spiro atoms. The predicted octanol–water partition coefficient (Wildman–Crippen LogP) is 2.85. The molecule has 2 aromatic rings. The third-order valence-electron chi connectivity index (χ3n) is 4.89. The summed E-state index contributed by atoms with van der Waals surface area (Å²) in [6.07, 6.45) is 2.13. The van der Waals surface area contributed by atoms with E-state index in [0.717, 1.165) is 29.9 Å². The molecule has 3 heterocycles. The Morgan fingerprint density at radius 3 is 2.81 bits per heavy atom. The van der Waals surface area contributed by atoms with Crippen LogP contribution in [-0.2, 0) is 22.8 Å². The summed E-state index contributed by atoms with van der Waals surface area (Å²) in [4.78, 5) is 12.6. The quantitative estimate of drug-likeness (QED) is 0.487. The number of sulfone groups is 1. The number of rotatable bonds is 8. The van der Waals surface area contributed by atoms with Crippen molar-refractivity contribution in [3.63, 3.8) is 0 Å². The molecule has 148 valence electrons. The Morgan fingerprint density at radius 2 is 2.15 bits per heavy atom. The van der Waals surface area contributed by atoms with E-state index in [9.17, 15) is 13.2 Å². The molecule has 0 amide bonds. The molecule has 1 aliphatic heterocycles. The van der Waals surface area contributed by atoms with Crippen molar-refractivity contribution in [2.24, 2.45) is 5.92 Å². The van der Waals surface area contributed by atoms with Crippen molar-refractivity contribution >= 4 is 27.4 Å². The summed E-state index contributed by atoms with van der Waals surface area (Å²) < 4.78 is 30.8. The first kappa shape index (κ1) is 20.1. The van der Waals surface area contributed by atoms with Crippen molar-refractivity contribution in [3.05, 3.63) is 28.9 Å². The third kappa shape index (κ3) is 4.82. The molecule has 1 atom stereocenters. The Labute approximate surface area is 163 Å². The first-order chi connectivity index (χ1) is 12.8. The van der Waals surface area contributed by atoms with Crippen molar-refractivity contribution in [2.45, 2.75) is 51.8 Å². The number of thioether (sulfide) groups is 1. The van der Waals surface area contributed by atoms with Gasteiger partial charge in [0.25, 0.3) is 5.22 Å². The molecule has 1 aliphatic rings. The van der Waals surface area contributed by atoms with E-state index in [0.29, 0.717) is 24.0 Å². The second kappa shape index (κ2) is 8.18. The first-order valence-corrected chi connectivity index (χ1v) is 11.9. The van der Waals surface area contributed by atoms with Crippen LogP contribution in [0.15, 0.2) is 15.7 Å². The van der Waals surface area contributed by atoms with E-state index < -0.39 is 9.84 Å². The molecular formula is C18H25N3O4S2. The molecule has 0 aromatic carbocycles. The first-order valence-electron chi connectivity index (χ1n) is 9.14. The lowest BCUT2D eigenvalue weighted by Gasteiger charge is -2.07. The predicted molar refractivity (Wildman–Crippen MR) is 104 cm³/mol. The minimum atomic E-state index is -2.91. The van der Waals surface area contributed by atoms with Gasteiger partial charge in [0.2, 0.25) is 5.89 Å². The fourth-order valence-electron chi connectivity index (χ4n) is 3.52. The topological polar surface area (TPSA) is 95.1 Å². The minimum Gasteiger partial charge on any atom is -0.416 e. The van der Waals surface area contributed by atoms with Crippen LogP contribution in [-0.4, -0.2) is 46.2 Å². The summed E-state index contributed by atoms with van der Waals surface area (Å²) in [6.45, 7) is 7.01. The summed E-state index contributed by atoms with van der Waals surface area (Å²) in [6, 6.07) is 1.94. The van der Waals surface area contributed by atoms with Gasteiger partial charge in [0, 0.05) is 29.9 Å². The molecule has 0 N–H and O–H groups in total. The number of aryl methyl sites for hydroxylation is 1. The molecule has 1 fully saturated rings. The number of hydrogen-bond acceptors (Lipinski definition) is 7. The van der Waals surface area contributed by atoms with Crippen LogP contribution in [0.3, 0.4) is 0 Å². The summed E-state index contributed by atoms with van der Waals surface area (Å²) in [5.74, 6) is 1.17. The van der Waals surface area contributed by atoms with Gasteiger partial charge in [-0.15, -0.1) is 10.2 Å². The Balaban J connectivity index is 1.57.